The van der Waals surface area contributed by atoms with E-state index in [1.165, 1.54) is 0 Å². The molecule has 0 aliphatic rings. The number of rotatable bonds is 4. The number of halogens is 1. The molecule has 0 saturated carbocycles. The summed E-state index contributed by atoms with van der Waals surface area (Å²) in [7, 11) is 1.61. The van der Waals surface area contributed by atoms with Gasteiger partial charge in [0, 0.05) is 17.8 Å². The lowest BCUT2D eigenvalue weighted by Gasteiger charge is -2.06. The fourth-order valence-corrected chi connectivity index (χ4v) is 1.13. The number of hydrogen-bond donors (Lipinski definition) is 1. The second-order valence-corrected chi connectivity index (χ2v) is 3.30. The highest BCUT2D eigenvalue weighted by atomic mass is 79.9. The molecule has 1 rings (SSSR count). The van der Waals surface area contributed by atoms with Crippen LogP contribution in [0, 0.1) is 0 Å². The number of methoxy groups -OCH3 is 1. The first-order valence-electron chi connectivity index (χ1n) is 3.77. The summed E-state index contributed by atoms with van der Waals surface area (Å²) in [4.78, 5) is 4.00. The van der Waals surface area contributed by atoms with Crippen LogP contribution in [0.25, 0.3) is 0 Å². The van der Waals surface area contributed by atoms with Gasteiger partial charge in [0.05, 0.1) is 12.3 Å². The van der Waals surface area contributed by atoms with Crippen LogP contribution in [-0.2, 0) is 4.74 Å². The summed E-state index contributed by atoms with van der Waals surface area (Å²) in [6.07, 6.45) is 1.64. The van der Waals surface area contributed by atoms with E-state index in [2.05, 4.69) is 20.9 Å². The molecule has 1 heterocycles. The maximum absolute atomic E-state index is 5.65. The number of pyridine rings is 1. The van der Waals surface area contributed by atoms with Crippen molar-refractivity contribution in [3.05, 3.63) is 16.7 Å². The molecule has 72 valence electrons. The minimum Gasteiger partial charge on any atom is -0.474 e. The molecule has 0 aliphatic heterocycles. The van der Waals surface area contributed by atoms with Crippen LogP contribution < -0.4 is 10.5 Å². The highest BCUT2D eigenvalue weighted by molar-refractivity contribution is 9.10. The SMILES string of the molecule is COCCOc1ncc(Br)cc1N. The first-order valence-corrected chi connectivity index (χ1v) is 4.56. The number of nitrogens with zero attached hydrogens (tertiary/aromatic N) is 1. The Labute approximate surface area is 85.2 Å². The van der Waals surface area contributed by atoms with E-state index in [1.54, 1.807) is 19.4 Å². The summed E-state index contributed by atoms with van der Waals surface area (Å²) in [6.45, 7) is 0.979. The normalized spacial score (nSPS) is 10.0. The lowest BCUT2D eigenvalue weighted by Crippen LogP contribution is -2.07. The van der Waals surface area contributed by atoms with E-state index in [0.29, 0.717) is 24.8 Å². The molecule has 0 fully saturated rings. The molecule has 0 amide bonds. The van der Waals surface area contributed by atoms with Gasteiger partial charge in [-0.05, 0) is 22.0 Å². The third-order valence-electron chi connectivity index (χ3n) is 1.37. The zero-order valence-corrected chi connectivity index (χ0v) is 8.87. The summed E-state index contributed by atoms with van der Waals surface area (Å²) >= 11 is 3.26. The van der Waals surface area contributed by atoms with Crippen LogP contribution in [0.3, 0.4) is 0 Å². The fourth-order valence-electron chi connectivity index (χ4n) is 0.785. The van der Waals surface area contributed by atoms with E-state index in [4.69, 9.17) is 15.2 Å². The van der Waals surface area contributed by atoms with Crippen molar-refractivity contribution in [2.45, 2.75) is 0 Å². The molecule has 1 aromatic heterocycles. The zero-order chi connectivity index (χ0) is 9.68. The van der Waals surface area contributed by atoms with Crippen molar-refractivity contribution in [1.82, 2.24) is 4.98 Å². The van der Waals surface area contributed by atoms with Gasteiger partial charge in [-0.25, -0.2) is 4.98 Å². The molecule has 1 aromatic rings. The van der Waals surface area contributed by atoms with E-state index in [0.717, 1.165) is 4.47 Å². The van der Waals surface area contributed by atoms with Crippen molar-refractivity contribution >= 4 is 21.6 Å². The van der Waals surface area contributed by atoms with Gasteiger partial charge >= 0.3 is 0 Å². The lowest BCUT2D eigenvalue weighted by atomic mass is 10.4. The average molecular weight is 247 g/mol. The first-order chi connectivity index (χ1) is 6.24. The first kappa shape index (κ1) is 10.3. The number of nitrogen functional groups attached to an aromatic ring is 1. The molecular formula is C8H11BrN2O2. The summed E-state index contributed by atoms with van der Waals surface area (Å²) in [5.41, 5.74) is 6.16. The predicted octanol–water partition coefficient (Wildman–Crippen LogP) is 1.45. The van der Waals surface area contributed by atoms with Gasteiger partial charge in [0.15, 0.2) is 0 Å². The van der Waals surface area contributed by atoms with Crippen LogP contribution in [0.1, 0.15) is 0 Å². The van der Waals surface area contributed by atoms with Crippen molar-refractivity contribution < 1.29 is 9.47 Å². The number of anilines is 1. The molecule has 0 aromatic carbocycles. The molecule has 0 unspecified atom stereocenters. The summed E-state index contributed by atoms with van der Waals surface area (Å²) in [5, 5.41) is 0. The molecule has 0 bridgehead atoms. The molecule has 13 heavy (non-hydrogen) atoms. The fraction of sp³-hybridized carbons (Fsp3) is 0.375. The average Bonchev–Trinajstić information content (AvgIpc) is 2.09. The van der Waals surface area contributed by atoms with Gasteiger partial charge in [-0.2, -0.15) is 0 Å². The Kier molecular flexibility index (Phi) is 3.98. The Hall–Kier alpha value is -0.810. The Morgan fingerprint density at radius 2 is 2.31 bits per heavy atom. The smallest absolute Gasteiger partial charge is 0.237 e. The van der Waals surface area contributed by atoms with E-state index in [1.807, 2.05) is 0 Å². The minimum absolute atomic E-state index is 0.445. The van der Waals surface area contributed by atoms with Gasteiger partial charge < -0.3 is 15.2 Å². The van der Waals surface area contributed by atoms with Crippen LogP contribution in [0.15, 0.2) is 16.7 Å². The van der Waals surface area contributed by atoms with Gasteiger partial charge in [0.2, 0.25) is 5.88 Å². The van der Waals surface area contributed by atoms with Crippen LogP contribution >= 0.6 is 15.9 Å². The van der Waals surface area contributed by atoms with E-state index < -0.39 is 0 Å². The van der Waals surface area contributed by atoms with E-state index >= 15 is 0 Å². The molecule has 0 saturated heterocycles. The molecule has 5 heteroatoms. The number of aromatic nitrogens is 1. The van der Waals surface area contributed by atoms with Gasteiger partial charge in [-0.15, -0.1) is 0 Å². The molecular weight excluding hydrogens is 236 g/mol. The van der Waals surface area contributed by atoms with Crippen molar-refractivity contribution in [2.75, 3.05) is 26.1 Å². The lowest BCUT2D eigenvalue weighted by molar-refractivity contribution is 0.144. The molecule has 0 atom stereocenters. The highest BCUT2D eigenvalue weighted by Gasteiger charge is 2.01. The van der Waals surface area contributed by atoms with Gasteiger partial charge in [-0.3, -0.25) is 0 Å². The third-order valence-corrected chi connectivity index (χ3v) is 1.81. The van der Waals surface area contributed by atoms with Gasteiger partial charge in [0.1, 0.15) is 6.61 Å². The molecule has 0 spiro atoms. The second kappa shape index (κ2) is 5.04. The summed E-state index contributed by atoms with van der Waals surface area (Å²) in [5.74, 6) is 0.445. The van der Waals surface area contributed by atoms with Gasteiger partial charge in [0.25, 0.3) is 0 Å². The highest BCUT2D eigenvalue weighted by Crippen LogP contribution is 2.21. The quantitative estimate of drug-likeness (QED) is 0.818. The summed E-state index contributed by atoms with van der Waals surface area (Å²) in [6, 6.07) is 1.75. The number of ether oxygens (including phenoxy) is 2. The Morgan fingerprint density at radius 3 is 2.92 bits per heavy atom. The summed E-state index contributed by atoms with van der Waals surface area (Å²) < 4.78 is 10.9. The molecule has 0 radical (unpaired) electrons. The van der Waals surface area contributed by atoms with Crippen molar-refractivity contribution in [3.8, 4) is 5.88 Å². The molecule has 0 aliphatic carbocycles. The maximum Gasteiger partial charge on any atom is 0.237 e. The number of nitrogens with two attached hydrogens (primary N) is 1. The monoisotopic (exact) mass is 246 g/mol. The topological polar surface area (TPSA) is 57.4 Å². The second-order valence-electron chi connectivity index (χ2n) is 2.39. The van der Waals surface area contributed by atoms with E-state index in [9.17, 15) is 0 Å². The van der Waals surface area contributed by atoms with E-state index in [-0.39, 0.29) is 0 Å². The largest absolute Gasteiger partial charge is 0.474 e. The number of hydrogen-bond acceptors (Lipinski definition) is 4. The third kappa shape index (κ3) is 3.20. The molecule has 4 nitrogen and oxygen atoms in total. The maximum atomic E-state index is 5.65. The Bertz CT molecular complexity index is 281. The Morgan fingerprint density at radius 1 is 1.54 bits per heavy atom. The van der Waals surface area contributed by atoms with Crippen LogP contribution in [0.5, 0.6) is 5.88 Å². The Balaban J connectivity index is 2.56. The predicted molar refractivity (Wildman–Crippen MR) is 53.7 cm³/mol. The van der Waals surface area contributed by atoms with Crippen LogP contribution in [-0.4, -0.2) is 25.3 Å². The minimum atomic E-state index is 0.445. The van der Waals surface area contributed by atoms with Crippen LogP contribution in [0.4, 0.5) is 5.69 Å². The van der Waals surface area contributed by atoms with Crippen molar-refractivity contribution in [1.29, 1.82) is 0 Å². The molecule has 2 N–H and O–H groups in total. The van der Waals surface area contributed by atoms with Crippen molar-refractivity contribution in [2.24, 2.45) is 0 Å². The van der Waals surface area contributed by atoms with Crippen molar-refractivity contribution in [3.63, 3.8) is 0 Å². The standard InChI is InChI=1S/C8H11BrN2O2/c1-12-2-3-13-8-7(10)4-6(9)5-11-8/h4-5H,2-3,10H2,1H3. The van der Waals surface area contributed by atoms with Gasteiger partial charge in [-0.1, -0.05) is 0 Å². The zero-order valence-electron chi connectivity index (χ0n) is 7.29. The van der Waals surface area contributed by atoms with Crippen LogP contribution in [0.2, 0.25) is 0 Å².